The van der Waals surface area contributed by atoms with Crippen molar-refractivity contribution in [3.63, 3.8) is 0 Å². The van der Waals surface area contributed by atoms with E-state index in [0.717, 1.165) is 12.0 Å². The van der Waals surface area contributed by atoms with Crippen LogP contribution in [-0.2, 0) is 6.42 Å². The van der Waals surface area contributed by atoms with Crippen LogP contribution in [0.5, 0.6) is 0 Å². The van der Waals surface area contributed by atoms with Crippen molar-refractivity contribution in [2.75, 3.05) is 0 Å². The van der Waals surface area contributed by atoms with Crippen LogP contribution >= 0.6 is 15.9 Å². The Balaban J connectivity index is 2.16. The number of alkyl halides is 1. The Morgan fingerprint density at radius 2 is 2.00 bits per heavy atom. The molecule has 1 unspecified atom stereocenters. The van der Waals surface area contributed by atoms with Gasteiger partial charge in [-0.1, -0.05) is 53.9 Å². The molecule has 0 radical (unpaired) electrons. The van der Waals surface area contributed by atoms with E-state index in [9.17, 15) is 10.1 Å². The normalized spacial score (nSPS) is 19.7. The maximum Gasteiger partial charge on any atom is 0.272 e. The van der Waals surface area contributed by atoms with Gasteiger partial charge in [0.05, 0.1) is 4.92 Å². The van der Waals surface area contributed by atoms with Crippen LogP contribution in [0.25, 0.3) is 0 Å². The lowest BCUT2D eigenvalue weighted by Gasteiger charge is -2.29. The zero-order valence-electron chi connectivity index (χ0n) is 10.6. The number of hydrogen-bond acceptors (Lipinski definition) is 2. The predicted octanol–water partition coefficient (Wildman–Crippen LogP) is 4.48. The van der Waals surface area contributed by atoms with E-state index in [0.29, 0.717) is 4.83 Å². The summed E-state index contributed by atoms with van der Waals surface area (Å²) in [7, 11) is 0. The monoisotopic (exact) mass is 311 g/mol. The maximum atomic E-state index is 11.0. The molecule has 0 bridgehead atoms. The quantitative estimate of drug-likeness (QED) is 0.467. The Morgan fingerprint density at radius 3 is 2.61 bits per heavy atom. The fraction of sp³-hybridized carbons (Fsp3) is 0.571. The van der Waals surface area contributed by atoms with Crippen LogP contribution in [-0.4, -0.2) is 9.75 Å². The van der Waals surface area contributed by atoms with Gasteiger partial charge >= 0.3 is 0 Å². The SMILES string of the molecule is CC1(C(Br)Cc2ccccc2[N+](=O)[O-])CCCC1. The Hall–Kier alpha value is -0.900. The number of nitro groups is 1. The van der Waals surface area contributed by atoms with Gasteiger partial charge in [-0.3, -0.25) is 10.1 Å². The number of benzene rings is 1. The molecule has 1 aliphatic rings. The molecule has 98 valence electrons. The van der Waals surface area contributed by atoms with Gasteiger partial charge in [-0.05, 0) is 24.7 Å². The van der Waals surface area contributed by atoms with E-state index in [-0.39, 0.29) is 16.0 Å². The Kier molecular flexibility index (Phi) is 4.05. The predicted molar refractivity (Wildman–Crippen MR) is 76.1 cm³/mol. The molecule has 1 aromatic rings. The molecule has 0 aromatic heterocycles. The summed E-state index contributed by atoms with van der Waals surface area (Å²) in [5.74, 6) is 0. The molecular weight excluding hydrogens is 294 g/mol. The van der Waals surface area contributed by atoms with Crippen molar-refractivity contribution >= 4 is 21.6 Å². The summed E-state index contributed by atoms with van der Waals surface area (Å²) in [6.45, 7) is 2.29. The molecule has 4 heteroatoms. The number of rotatable bonds is 4. The molecule has 1 saturated carbocycles. The minimum absolute atomic E-state index is 0.239. The van der Waals surface area contributed by atoms with E-state index in [1.807, 2.05) is 12.1 Å². The third kappa shape index (κ3) is 2.74. The van der Waals surface area contributed by atoms with Crippen molar-refractivity contribution in [3.8, 4) is 0 Å². The van der Waals surface area contributed by atoms with Crippen LogP contribution in [0.1, 0.15) is 38.2 Å². The van der Waals surface area contributed by atoms with Crippen molar-refractivity contribution in [3.05, 3.63) is 39.9 Å². The Bertz CT molecular complexity index is 441. The van der Waals surface area contributed by atoms with Crippen LogP contribution in [0.3, 0.4) is 0 Å². The number of nitro benzene ring substituents is 1. The van der Waals surface area contributed by atoms with Gasteiger partial charge in [0.2, 0.25) is 0 Å². The summed E-state index contributed by atoms with van der Waals surface area (Å²) in [6.07, 6.45) is 5.70. The first-order valence-corrected chi connectivity index (χ1v) is 7.31. The van der Waals surface area contributed by atoms with Gasteiger partial charge < -0.3 is 0 Å². The molecular formula is C14H18BrNO2. The molecule has 0 N–H and O–H groups in total. The first kappa shape index (κ1) is 13.5. The molecule has 1 atom stereocenters. The highest BCUT2D eigenvalue weighted by Crippen LogP contribution is 2.45. The van der Waals surface area contributed by atoms with Crippen molar-refractivity contribution in [1.82, 2.24) is 0 Å². The van der Waals surface area contributed by atoms with Gasteiger partial charge in [0.15, 0.2) is 0 Å². The molecule has 18 heavy (non-hydrogen) atoms. The van der Waals surface area contributed by atoms with Crippen LogP contribution in [0.15, 0.2) is 24.3 Å². The Morgan fingerprint density at radius 1 is 1.39 bits per heavy atom. The third-order valence-electron chi connectivity index (χ3n) is 4.09. The fourth-order valence-corrected chi connectivity index (χ4v) is 3.60. The topological polar surface area (TPSA) is 43.1 Å². The summed E-state index contributed by atoms with van der Waals surface area (Å²) < 4.78 is 0. The van der Waals surface area contributed by atoms with Gasteiger partial charge in [-0.25, -0.2) is 0 Å². The largest absolute Gasteiger partial charge is 0.272 e. The summed E-state index contributed by atoms with van der Waals surface area (Å²) in [4.78, 5) is 11.0. The minimum Gasteiger partial charge on any atom is -0.258 e. The number of halogens is 1. The molecule has 2 rings (SSSR count). The first-order valence-electron chi connectivity index (χ1n) is 6.39. The molecule has 0 amide bonds. The van der Waals surface area contributed by atoms with Gasteiger partial charge in [0.25, 0.3) is 5.69 Å². The zero-order chi connectivity index (χ0) is 13.2. The van der Waals surface area contributed by atoms with Crippen molar-refractivity contribution in [1.29, 1.82) is 0 Å². The van der Waals surface area contributed by atoms with Crippen molar-refractivity contribution in [2.24, 2.45) is 5.41 Å². The Labute approximate surface area is 116 Å². The van der Waals surface area contributed by atoms with E-state index < -0.39 is 0 Å². The summed E-state index contributed by atoms with van der Waals surface area (Å²) in [5, 5.41) is 11.0. The molecule has 0 spiro atoms. The highest BCUT2D eigenvalue weighted by molar-refractivity contribution is 9.09. The van der Waals surface area contributed by atoms with Gasteiger partial charge in [0, 0.05) is 16.5 Å². The minimum atomic E-state index is -0.286. The summed E-state index contributed by atoms with van der Waals surface area (Å²) in [6, 6.07) is 7.05. The second-order valence-corrected chi connectivity index (χ2v) is 6.52. The number of nitrogens with zero attached hydrogens (tertiary/aromatic N) is 1. The standard InChI is InChI=1S/C14H18BrNO2/c1-14(8-4-5-9-14)13(15)10-11-6-2-3-7-12(11)16(17)18/h2-3,6-7,13H,4-5,8-10H2,1H3. The number of para-hydroxylation sites is 1. The lowest BCUT2D eigenvalue weighted by atomic mass is 9.82. The van der Waals surface area contributed by atoms with E-state index in [1.54, 1.807) is 12.1 Å². The third-order valence-corrected chi connectivity index (χ3v) is 5.52. The summed E-state index contributed by atoms with van der Waals surface area (Å²) >= 11 is 3.76. The van der Waals surface area contributed by atoms with E-state index in [1.165, 1.54) is 25.7 Å². The van der Waals surface area contributed by atoms with Crippen LogP contribution < -0.4 is 0 Å². The molecule has 1 fully saturated rings. The van der Waals surface area contributed by atoms with Gasteiger partial charge in [-0.2, -0.15) is 0 Å². The molecule has 1 aromatic carbocycles. The molecule has 3 nitrogen and oxygen atoms in total. The van der Waals surface area contributed by atoms with Crippen LogP contribution in [0.4, 0.5) is 5.69 Å². The fourth-order valence-electron chi connectivity index (χ4n) is 2.80. The van der Waals surface area contributed by atoms with Crippen molar-refractivity contribution < 1.29 is 4.92 Å². The highest BCUT2D eigenvalue weighted by atomic mass is 79.9. The van der Waals surface area contributed by atoms with E-state index in [4.69, 9.17) is 0 Å². The highest BCUT2D eigenvalue weighted by Gasteiger charge is 2.36. The average molecular weight is 312 g/mol. The van der Waals surface area contributed by atoms with Gasteiger partial charge in [-0.15, -0.1) is 0 Å². The van der Waals surface area contributed by atoms with Crippen LogP contribution in [0, 0.1) is 15.5 Å². The lowest BCUT2D eigenvalue weighted by molar-refractivity contribution is -0.385. The maximum absolute atomic E-state index is 11.0. The molecule has 0 aliphatic heterocycles. The molecule has 1 aliphatic carbocycles. The second kappa shape index (κ2) is 5.39. The zero-order valence-corrected chi connectivity index (χ0v) is 12.1. The lowest BCUT2D eigenvalue weighted by Crippen LogP contribution is -2.26. The second-order valence-electron chi connectivity index (χ2n) is 5.42. The number of hydrogen-bond donors (Lipinski definition) is 0. The average Bonchev–Trinajstić information content (AvgIpc) is 2.78. The molecule has 0 saturated heterocycles. The van der Waals surface area contributed by atoms with Crippen LogP contribution in [0.2, 0.25) is 0 Å². The molecule has 0 heterocycles. The first-order chi connectivity index (χ1) is 8.53. The van der Waals surface area contributed by atoms with Crippen molar-refractivity contribution in [2.45, 2.75) is 43.9 Å². The summed E-state index contributed by atoms with van der Waals surface area (Å²) in [5.41, 5.74) is 1.35. The van der Waals surface area contributed by atoms with E-state index >= 15 is 0 Å². The van der Waals surface area contributed by atoms with E-state index in [2.05, 4.69) is 22.9 Å². The van der Waals surface area contributed by atoms with Gasteiger partial charge in [0.1, 0.15) is 0 Å². The smallest absolute Gasteiger partial charge is 0.258 e.